The molecule has 0 atom stereocenters. The summed E-state index contributed by atoms with van der Waals surface area (Å²) in [5.41, 5.74) is 2.18. The number of nitrogens with zero attached hydrogens (tertiary/aromatic N) is 1. The summed E-state index contributed by atoms with van der Waals surface area (Å²) in [7, 11) is 0. The molecule has 0 saturated heterocycles. The summed E-state index contributed by atoms with van der Waals surface area (Å²) in [4.78, 5) is 15.9. The smallest absolute Gasteiger partial charge is 0.257 e. The van der Waals surface area contributed by atoms with Crippen LogP contribution >= 0.6 is 27.5 Å². The summed E-state index contributed by atoms with van der Waals surface area (Å²) in [6.45, 7) is 0. The molecule has 0 saturated carbocycles. The third-order valence-corrected chi connectivity index (χ3v) is 3.05. The van der Waals surface area contributed by atoms with Gasteiger partial charge >= 0.3 is 0 Å². The largest absolute Gasteiger partial charge is 0.322 e. The van der Waals surface area contributed by atoms with E-state index >= 15 is 0 Å². The zero-order chi connectivity index (χ0) is 13.0. The van der Waals surface area contributed by atoms with Crippen LogP contribution in [0.2, 0.25) is 0 Å². The number of rotatable bonds is 3. The van der Waals surface area contributed by atoms with Gasteiger partial charge in [0, 0.05) is 28.4 Å². The van der Waals surface area contributed by atoms with E-state index in [1.807, 2.05) is 24.3 Å². The van der Waals surface area contributed by atoms with Crippen molar-refractivity contribution in [1.82, 2.24) is 4.98 Å². The molecular weight excluding hydrogens is 316 g/mol. The summed E-state index contributed by atoms with van der Waals surface area (Å²) in [5.74, 6) is 0.220. The normalized spacial score (nSPS) is 10.1. The first-order chi connectivity index (χ1) is 8.69. The van der Waals surface area contributed by atoms with Crippen LogP contribution in [0.25, 0.3) is 0 Å². The Morgan fingerprint density at radius 1 is 1.33 bits per heavy atom. The van der Waals surface area contributed by atoms with Crippen LogP contribution in [0.4, 0.5) is 5.69 Å². The molecule has 1 heterocycles. The van der Waals surface area contributed by atoms with Crippen molar-refractivity contribution in [2.75, 3.05) is 5.32 Å². The lowest BCUT2D eigenvalue weighted by Gasteiger charge is -2.06. The number of halogens is 2. The number of hydrogen-bond donors (Lipinski definition) is 1. The topological polar surface area (TPSA) is 42.0 Å². The van der Waals surface area contributed by atoms with Crippen molar-refractivity contribution >= 4 is 39.1 Å². The van der Waals surface area contributed by atoms with Gasteiger partial charge in [0.25, 0.3) is 5.91 Å². The molecule has 0 aliphatic heterocycles. The number of nitrogens with one attached hydrogen (secondary N) is 1. The van der Waals surface area contributed by atoms with Gasteiger partial charge in [0.15, 0.2) is 0 Å². The first-order valence-electron chi connectivity index (χ1n) is 5.26. The van der Waals surface area contributed by atoms with Crippen LogP contribution in [0.1, 0.15) is 15.9 Å². The van der Waals surface area contributed by atoms with Crippen LogP contribution in [-0.4, -0.2) is 10.9 Å². The lowest BCUT2D eigenvalue weighted by Crippen LogP contribution is -2.12. The fourth-order valence-electron chi connectivity index (χ4n) is 1.47. The van der Waals surface area contributed by atoms with Gasteiger partial charge in [0.05, 0.1) is 5.56 Å². The Morgan fingerprint density at radius 2 is 2.17 bits per heavy atom. The molecule has 0 aliphatic rings. The maximum Gasteiger partial charge on any atom is 0.257 e. The number of benzene rings is 1. The molecule has 0 bridgehead atoms. The number of carbonyl (C=O) groups excluding carboxylic acids is 1. The van der Waals surface area contributed by atoms with Crippen molar-refractivity contribution in [3.8, 4) is 0 Å². The Morgan fingerprint density at radius 3 is 2.89 bits per heavy atom. The summed E-state index contributed by atoms with van der Waals surface area (Å²) in [5, 5.41) is 2.80. The molecule has 1 aromatic heterocycles. The first kappa shape index (κ1) is 13.1. The quantitative estimate of drug-likeness (QED) is 0.871. The van der Waals surface area contributed by atoms with E-state index in [1.54, 1.807) is 12.3 Å². The van der Waals surface area contributed by atoms with E-state index in [9.17, 15) is 4.79 Å². The summed E-state index contributed by atoms with van der Waals surface area (Å²) in [6.07, 6.45) is 3.15. The third kappa shape index (κ3) is 3.31. The summed E-state index contributed by atoms with van der Waals surface area (Å²) < 4.78 is 0.768. The predicted molar refractivity (Wildman–Crippen MR) is 75.9 cm³/mol. The number of amides is 1. The Labute approximate surface area is 118 Å². The molecule has 0 unspecified atom stereocenters. The van der Waals surface area contributed by atoms with Gasteiger partial charge in [-0.2, -0.15) is 0 Å². The van der Waals surface area contributed by atoms with Crippen molar-refractivity contribution in [3.63, 3.8) is 0 Å². The first-order valence-corrected chi connectivity index (χ1v) is 6.58. The van der Waals surface area contributed by atoms with Crippen LogP contribution < -0.4 is 5.32 Å². The predicted octanol–water partition coefficient (Wildman–Crippen LogP) is 3.84. The highest BCUT2D eigenvalue weighted by Crippen LogP contribution is 2.15. The second-order valence-electron chi connectivity index (χ2n) is 3.68. The number of hydrogen-bond acceptors (Lipinski definition) is 2. The molecule has 1 amide bonds. The van der Waals surface area contributed by atoms with E-state index in [0.29, 0.717) is 11.4 Å². The fourth-order valence-corrected chi connectivity index (χ4v) is 2.00. The molecule has 0 fully saturated rings. The van der Waals surface area contributed by atoms with Gasteiger partial charge < -0.3 is 5.32 Å². The van der Waals surface area contributed by atoms with E-state index < -0.39 is 0 Å². The monoisotopic (exact) mass is 324 g/mol. The Bertz CT molecular complexity index is 574. The Kier molecular flexibility index (Phi) is 4.33. The van der Waals surface area contributed by atoms with Crippen molar-refractivity contribution in [2.24, 2.45) is 0 Å². The van der Waals surface area contributed by atoms with E-state index in [1.165, 1.54) is 6.20 Å². The van der Waals surface area contributed by atoms with E-state index in [-0.39, 0.29) is 5.91 Å². The average Bonchev–Trinajstić information content (AvgIpc) is 2.39. The molecule has 0 radical (unpaired) electrons. The minimum Gasteiger partial charge on any atom is -0.322 e. The van der Waals surface area contributed by atoms with Gasteiger partial charge in [-0.25, -0.2) is 0 Å². The summed E-state index contributed by atoms with van der Waals surface area (Å²) >= 11 is 9.02. The molecular formula is C13H10BrClN2O. The lowest BCUT2D eigenvalue weighted by molar-refractivity contribution is 0.102. The third-order valence-electron chi connectivity index (χ3n) is 2.31. The SMILES string of the molecule is O=C(Nc1cccc(CCl)c1)c1cncc(Br)c1. The highest BCUT2D eigenvalue weighted by molar-refractivity contribution is 9.10. The molecule has 5 heteroatoms. The van der Waals surface area contributed by atoms with Crippen LogP contribution in [0.3, 0.4) is 0 Å². The second-order valence-corrected chi connectivity index (χ2v) is 4.86. The minimum atomic E-state index is -0.199. The van der Waals surface area contributed by atoms with E-state index in [0.717, 1.165) is 15.7 Å². The zero-order valence-corrected chi connectivity index (χ0v) is 11.7. The van der Waals surface area contributed by atoms with Gasteiger partial charge in [-0.15, -0.1) is 11.6 Å². The van der Waals surface area contributed by atoms with E-state index in [2.05, 4.69) is 26.2 Å². The van der Waals surface area contributed by atoms with Gasteiger partial charge in [0.2, 0.25) is 0 Å². The number of pyridine rings is 1. The van der Waals surface area contributed by atoms with Gasteiger partial charge in [-0.05, 0) is 39.7 Å². The van der Waals surface area contributed by atoms with Crippen molar-refractivity contribution in [2.45, 2.75) is 5.88 Å². The Hall–Kier alpha value is -1.39. The number of alkyl halides is 1. The number of anilines is 1. The molecule has 18 heavy (non-hydrogen) atoms. The van der Waals surface area contributed by atoms with Crippen LogP contribution in [0.15, 0.2) is 47.2 Å². The average molecular weight is 326 g/mol. The molecule has 0 aliphatic carbocycles. The molecule has 2 rings (SSSR count). The standard InChI is InChI=1S/C13H10BrClN2O/c14-11-5-10(7-16-8-11)13(18)17-12-3-1-2-9(4-12)6-15/h1-5,7-8H,6H2,(H,17,18). The van der Waals surface area contributed by atoms with Crippen LogP contribution in [0, 0.1) is 0 Å². The van der Waals surface area contributed by atoms with Crippen molar-refractivity contribution in [1.29, 1.82) is 0 Å². The van der Waals surface area contributed by atoms with Crippen molar-refractivity contribution in [3.05, 3.63) is 58.3 Å². The second kappa shape index (κ2) is 5.98. The zero-order valence-electron chi connectivity index (χ0n) is 9.36. The fraction of sp³-hybridized carbons (Fsp3) is 0.0769. The maximum atomic E-state index is 12.0. The lowest BCUT2D eigenvalue weighted by atomic mass is 10.2. The van der Waals surface area contributed by atoms with Gasteiger partial charge in [-0.1, -0.05) is 12.1 Å². The highest BCUT2D eigenvalue weighted by atomic mass is 79.9. The Balaban J connectivity index is 2.16. The number of carbonyl (C=O) groups is 1. The van der Waals surface area contributed by atoms with E-state index in [4.69, 9.17) is 11.6 Å². The van der Waals surface area contributed by atoms with Crippen LogP contribution in [0.5, 0.6) is 0 Å². The maximum absolute atomic E-state index is 12.0. The molecule has 0 spiro atoms. The minimum absolute atomic E-state index is 0.199. The molecule has 1 aromatic carbocycles. The summed E-state index contributed by atoms with van der Waals surface area (Å²) in [6, 6.07) is 9.14. The molecule has 92 valence electrons. The molecule has 2 aromatic rings. The molecule has 3 nitrogen and oxygen atoms in total. The number of aromatic nitrogens is 1. The van der Waals surface area contributed by atoms with Crippen LogP contribution in [-0.2, 0) is 5.88 Å². The van der Waals surface area contributed by atoms with Crippen molar-refractivity contribution < 1.29 is 4.79 Å². The van der Waals surface area contributed by atoms with Gasteiger partial charge in [-0.3, -0.25) is 9.78 Å². The molecule has 1 N–H and O–H groups in total. The van der Waals surface area contributed by atoms with Gasteiger partial charge in [0.1, 0.15) is 0 Å². The highest BCUT2D eigenvalue weighted by Gasteiger charge is 2.07.